The molecule has 1 aromatic heterocycles. The van der Waals surface area contributed by atoms with Crippen LogP contribution in [0.25, 0.3) is 10.9 Å². The van der Waals surface area contributed by atoms with Gasteiger partial charge in [0, 0.05) is 47.2 Å². The van der Waals surface area contributed by atoms with Crippen molar-refractivity contribution in [1.29, 1.82) is 0 Å². The molecule has 1 fully saturated rings. The summed E-state index contributed by atoms with van der Waals surface area (Å²) in [5, 5.41) is 4.95. The summed E-state index contributed by atoms with van der Waals surface area (Å²) in [7, 11) is 0. The SMILES string of the molecule is CC(Sc1ccnc2cc(Cl)ccc12)C(=O)N1CCN[C@H](C)C1.Cl. The average Bonchev–Trinajstić information content (AvgIpc) is 2.54. The van der Waals surface area contributed by atoms with E-state index in [9.17, 15) is 4.79 Å². The second-order valence-electron chi connectivity index (χ2n) is 5.87. The minimum Gasteiger partial charge on any atom is -0.339 e. The number of pyridine rings is 1. The van der Waals surface area contributed by atoms with Crippen LogP contribution in [0.1, 0.15) is 13.8 Å². The van der Waals surface area contributed by atoms with E-state index in [0.717, 1.165) is 35.4 Å². The summed E-state index contributed by atoms with van der Waals surface area (Å²) in [6.07, 6.45) is 1.77. The first kappa shape index (κ1) is 19.3. The van der Waals surface area contributed by atoms with Crippen molar-refractivity contribution in [3.05, 3.63) is 35.5 Å². The van der Waals surface area contributed by atoms with Crippen LogP contribution in [0.2, 0.25) is 5.02 Å². The van der Waals surface area contributed by atoms with Crippen LogP contribution in [0.4, 0.5) is 0 Å². The number of thioether (sulfide) groups is 1. The number of carbonyl (C=O) groups is 1. The van der Waals surface area contributed by atoms with Crippen molar-refractivity contribution in [3.63, 3.8) is 0 Å². The van der Waals surface area contributed by atoms with Gasteiger partial charge in [-0.05, 0) is 32.0 Å². The molecule has 130 valence electrons. The van der Waals surface area contributed by atoms with E-state index in [1.54, 1.807) is 18.0 Å². The Bertz CT molecular complexity index is 728. The molecule has 0 bridgehead atoms. The molecule has 1 aliphatic rings. The minimum atomic E-state index is -0.124. The highest BCUT2D eigenvalue weighted by atomic mass is 35.5. The fraction of sp³-hybridized carbons (Fsp3) is 0.412. The third-order valence-corrected chi connectivity index (χ3v) is 5.40. The summed E-state index contributed by atoms with van der Waals surface area (Å²) in [5.41, 5.74) is 0.859. The first-order valence-electron chi connectivity index (χ1n) is 7.77. The van der Waals surface area contributed by atoms with Crippen LogP contribution < -0.4 is 5.32 Å². The molecule has 0 saturated carbocycles. The fourth-order valence-electron chi connectivity index (χ4n) is 2.83. The highest BCUT2D eigenvalue weighted by Crippen LogP contribution is 2.31. The zero-order valence-corrected chi connectivity index (χ0v) is 16.0. The Kier molecular flexibility index (Phi) is 6.75. The zero-order valence-electron chi connectivity index (χ0n) is 13.7. The van der Waals surface area contributed by atoms with Gasteiger partial charge in [0.25, 0.3) is 0 Å². The molecule has 0 spiro atoms. The van der Waals surface area contributed by atoms with Crippen molar-refractivity contribution < 1.29 is 4.79 Å². The van der Waals surface area contributed by atoms with E-state index >= 15 is 0 Å². The molecule has 2 atom stereocenters. The van der Waals surface area contributed by atoms with Gasteiger partial charge in [-0.2, -0.15) is 0 Å². The quantitative estimate of drug-likeness (QED) is 0.819. The summed E-state index contributed by atoms with van der Waals surface area (Å²) in [5.74, 6) is 0.197. The molecular weight excluding hydrogens is 365 g/mol. The Morgan fingerprint density at radius 2 is 2.25 bits per heavy atom. The van der Waals surface area contributed by atoms with E-state index in [1.807, 2.05) is 36.1 Å². The lowest BCUT2D eigenvalue weighted by Gasteiger charge is -2.33. The maximum Gasteiger partial charge on any atom is 0.235 e. The molecule has 7 heteroatoms. The summed E-state index contributed by atoms with van der Waals surface area (Å²) >= 11 is 7.62. The van der Waals surface area contributed by atoms with E-state index in [1.165, 1.54) is 0 Å². The third kappa shape index (κ3) is 4.33. The summed E-state index contributed by atoms with van der Waals surface area (Å²) in [4.78, 5) is 20.1. The first-order chi connectivity index (χ1) is 11.0. The van der Waals surface area contributed by atoms with Gasteiger partial charge in [0.2, 0.25) is 5.91 Å². The van der Waals surface area contributed by atoms with E-state index in [2.05, 4.69) is 17.2 Å². The Hall–Kier alpha value is -1.01. The van der Waals surface area contributed by atoms with Crippen molar-refractivity contribution in [3.8, 4) is 0 Å². The topological polar surface area (TPSA) is 45.2 Å². The van der Waals surface area contributed by atoms with Crippen molar-refractivity contribution in [2.24, 2.45) is 0 Å². The molecular formula is C17H21Cl2N3OS. The van der Waals surface area contributed by atoms with E-state index in [-0.39, 0.29) is 23.6 Å². The summed E-state index contributed by atoms with van der Waals surface area (Å²) in [6.45, 7) is 6.50. The fourth-order valence-corrected chi connectivity index (χ4v) is 4.06. The lowest BCUT2D eigenvalue weighted by molar-refractivity contribution is -0.131. The average molecular weight is 386 g/mol. The van der Waals surface area contributed by atoms with Crippen molar-refractivity contribution in [1.82, 2.24) is 15.2 Å². The normalized spacial score (nSPS) is 19.0. The lowest BCUT2D eigenvalue weighted by Crippen LogP contribution is -2.53. The number of fused-ring (bicyclic) bond motifs is 1. The van der Waals surface area contributed by atoms with Crippen LogP contribution in [0.3, 0.4) is 0 Å². The molecule has 1 saturated heterocycles. The first-order valence-corrected chi connectivity index (χ1v) is 9.03. The Morgan fingerprint density at radius 1 is 1.46 bits per heavy atom. The van der Waals surface area contributed by atoms with Crippen LogP contribution in [0.5, 0.6) is 0 Å². The molecule has 1 aromatic carbocycles. The summed E-state index contributed by atoms with van der Waals surface area (Å²) in [6, 6.07) is 8.00. The Morgan fingerprint density at radius 3 is 3.00 bits per heavy atom. The maximum atomic E-state index is 12.7. The van der Waals surface area contributed by atoms with Gasteiger partial charge >= 0.3 is 0 Å². The number of nitrogens with one attached hydrogen (secondary N) is 1. The van der Waals surface area contributed by atoms with Crippen LogP contribution in [-0.2, 0) is 4.79 Å². The molecule has 24 heavy (non-hydrogen) atoms. The number of carbonyl (C=O) groups excluding carboxylic acids is 1. The number of benzene rings is 1. The van der Waals surface area contributed by atoms with Gasteiger partial charge < -0.3 is 10.2 Å². The molecule has 2 aromatic rings. The Balaban J connectivity index is 0.00000208. The highest BCUT2D eigenvalue weighted by molar-refractivity contribution is 8.00. The third-order valence-electron chi connectivity index (χ3n) is 4.00. The number of hydrogen-bond acceptors (Lipinski definition) is 4. The second-order valence-corrected chi connectivity index (χ2v) is 7.69. The molecule has 1 N–H and O–H groups in total. The summed E-state index contributed by atoms with van der Waals surface area (Å²) < 4.78 is 0. The number of aromatic nitrogens is 1. The van der Waals surface area contributed by atoms with E-state index in [0.29, 0.717) is 11.1 Å². The zero-order chi connectivity index (χ0) is 16.4. The minimum absolute atomic E-state index is 0. The molecule has 0 radical (unpaired) electrons. The van der Waals surface area contributed by atoms with E-state index in [4.69, 9.17) is 11.6 Å². The van der Waals surface area contributed by atoms with Gasteiger partial charge in [-0.1, -0.05) is 17.7 Å². The van der Waals surface area contributed by atoms with Crippen LogP contribution in [-0.4, -0.2) is 46.7 Å². The van der Waals surface area contributed by atoms with Crippen molar-refractivity contribution in [2.75, 3.05) is 19.6 Å². The Labute approximate surface area is 157 Å². The molecule has 1 amide bonds. The number of amides is 1. The molecule has 1 unspecified atom stereocenters. The predicted molar refractivity (Wildman–Crippen MR) is 103 cm³/mol. The van der Waals surface area contributed by atoms with Crippen LogP contribution in [0.15, 0.2) is 35.4 Å². The number of nitrogens with zero attached hydrogens (tertiary/aromatic N) is 2. The number of halogens is 2. The van der Waals surface area contributed by atoms with Crippen molar-refractivity contribution in [2.45, 2.75) is 30.0 Å². The number of rotatable bonds is 3. The second kappa shape index (κ2) is 8.39. The van der Waals surface area contributed by atoms with Gasteiger partial charge in [0.05, 0.1) is 10.8 Å². The molecule has 4 nitrogen and oxygen atoms in total. The largest absolute Gasteiger partial charge is 0.339 e. The van der Waals surface area contributed by atoms with Gasteiger partial charge in [0.1, 0.15) is 0 Å². The molecule has 2 heterocycles. The lowest BCUT2D eigenvalue weighted by atomic mass is 10.2. The van der Waals surface area contributed by atoms with Crippen LogP contribution >= 0.6 is 35.8 Å². The van der Waals surface area contributed by atoms with E-state index < -0.39 is 0 Å². The van der Waals surface area contributed by atoms with Gasteiger partial charge in [-0.3, -0.25) is 9.78 Å². The molecule has 3 rings (SSSR count). The van der Waals surface area contributed by atoms with Crippen molar-refractivity contribution >= 4 is 52.6 Å². The predicted octanol–water partition coefficient (Wildman–Crippen LogP) is 3.61. The van der Waals surface area contributed by atoms with Gasteiger partial charge in [-0.25, -0.2) is 0 Å². The van der Waals surface area contributed by atoms with Crippen LogP contribution in [0, 0.1) is 0 Å². The highest BCUT2D eigenvalue weighted by Gasteiger charge is 2.25. The van der Waals surface area contributed by atoms with Gasteiger partial charge in [0.15, 0.2) is 0 Å². The number of piperazine rings is 1. The molecule has 0 aliphatic carbocycles. The number of hydrogen-bond donors (Lipinski definition) is 1. The monoisotopic (exact) mass is 385 g/mol. The van der Waals surface area contributed by atoms with Gasteiger partial charge in [-0.15, -0.1) is 24.2 Å². The smallest absolute Gasteiger partial charge is 0.235 e. The maximum absolute atomic E-state index is 12.7. The standard InChI is InChI=1S/C17H20ClN3OS.ClH/c1-11-10-21(8-7-19-11)17(22)12(2)23-16-5-6-20-15-9-13(18)3-4-14(15)16;/h3-6,9,11-12,19H,7-8,10H2,1-2H3;1H/t11-,12?;/m1./s1. The molecule has 1 aliphatic heterocycles.